The van der Waals surface area contributed by atoms with Crippen LogP contribution in [0.25, 0.3) is 15.6 Å². The van der Waals surface area contributed by atoms with E-state index >= 15 is 0 Å². The van der Waals surface area contributed by atoms with Crippen molar-refractivity contribution in [3.8, 4) is 0 Å². The molecular weight excluding hydrogens is 560 g/mol. The highest BCUT2D eigenvalue weighted by molar-refractivity contribution is 5.86. The molecule has 0 unspecified atom stereocenters. The fourth-order valence-electron chi connectivity index (χ4n) is 4.96. The topological polar surface area (TPSA) is 50.6 Å². The van der Waals surface area contributed by atoms with Crippen LogP contribution in [-0.2, 0) is 19.3 Å². The molecule has 0 fully saturated rings. The highest BCUT2D eigenvalue weighted by Gasteiger charge is 2.03. The Hall–Kier alpha value is -4.23. The molecule has 5 aromatic carbocycles. The van der Waals surface area contributed by atoms with Crippen LogP contribution in [0.3, 0.4) is 0 Å². The zero-order chi connectivity index (χ0) is 34.2. The van der Waals surface area contributed by atoms with Crippen LogP contribution in [0.5, 0.6) is 0 Å². The third-order valence-electron chi connectivity index (χ3n) is 7.04. The molecule has 1 atom stereocenters. The van der Waals surface area contributed by atoms with Crippen LogP contribution in [0.1, 0.15) is 78.6 Å². The maximum absolute atomic E-state index is 8.61. The highest BCUT2D eigenvalue weighted by Crippen LogP contribution is 2.22. The van der Waals surface area contributed by atoms with Crippen molar-refractivity contribution < 1.29 is 5.11 Å². The van der Waals surface area contributed by atoms with Gasteiger partial charge in [-0.15, -0.1) is 0 Å². The zero-order valence-corrected chi connectivity index (χ0v) is 29.3. The Kier molecular flexibility index (Phi) is 20.8. The Labute approximate surface area is 280 Å². The average molecular weight is 617 g/mol. The van der Waals surface area contributed by atoms with Crippen molar-refractivity contribution in [2.24, 2.45) is 5.73 Å². The van der Waals surface area contributed by atoms with Gasteiger partial charge >= 0.3 is 0 Å². The van der Waals surface area contributed by atoms with Crippen molar-refractivity contribution in [3.05, 3.63) is 166 Å². The zero-order valence-electron chi connectivity index (χ0n) is 29.3. The highest BCUT2D eigenvalue weighted by atomic mass is 16.2. The molecule has 0 saturated heterocycles. The number of nitrogens with two attached hydrogens (primary N) is 1. The number of rotatable bonds is 7. The van der Waals surface area contributed by atoms with Crippen LogP contribution in [0.15, 0.2) is 115 Å². The van der Waals surface area contributed by atoms with E-state index in [1.165, 1.54) is 82.4 Å². The molecule has 46 heavy (non-hydrogen) atoms. The Bertz CT molecular complexity index is 1450. The van der Waals surface area contributed by atoms with E-state index in [2.05, 4.69) is 130 Å². The molecule has 0 aromatic heterocycles. The minimum Gasteiger partial charge on any atom is -0.396 e. The minimum absolute atomic E-state index is 0.103. The average Bonchev–Trinajstić information content (AvgIpc) is 3.03. The number of aliphatic hydroxyl groups excluding tert-OH is 1. The Morgan fingerprint density at radius 2 is 1.02 bits per heavy atom. The monoisotopic (exact) mass is 616 g/mol. The summed E-state index contributed by atoms with van der Waals surface area (Å²) in [4.78, 5) is 2.75. The third kappa shape index (κ3) is 16.7. The summed E-state index contributed by atoms with van der Waals surface area (Å²) in [5, 5.41) is 11.1. The van der Waals surface area contributed by atoms with Gasteiger partial charge in [0.1, 0.15) is 0 Å². The summed E-state index contributed by atoms with van der Waals surface area (Å²) in [5.74, 6) is 0. The summed E-state index contributed by atoms with van der Waals surface area (Å²) < 4.78 is 0. The van der Waals surface area contributed by atoms with E-state index in [0.29, 0.717) is 0 Å². The number of nitrogens with zero attached hydrogens (tertiary/aromatic N) is 1. The quantitative estimate of drug-likeness (QED) is 0.179. The smallest absolute Gasteiger partial charge is 0.205 e. The van der Waals surface area contributed by atoms with Gasteiger partial charge in [0.05, 0.1) is 0 Å². The molecule has 0 radical (unpaired) electrons. The van der Waals surface area contributed by atoms with Crippen LogP contribution < -0.4 is 5.73 Å². The predicted molar refractivity (Wildman–Crippen MR) is 201 cm³/mol. The fourth-order valence-corrected chi connectivity index (χ4v) is 4.96. The molecule has 244 valence electrons. The second-order valence-corrected chi connectivity index (χ2v) is 11.5. The minimum atomic E-state index is 0.103. The van der Waals surface area contributed by atoms with Gasteiger partial charge in [0, 0.05) is 12.6 Å². The molecule has 0 heterocycles. The van der Waals surface area contributed by atoms with Crippen molar-refractivity contribution in [2.75, 3.05) is 13.7 Å². The van der Waals surface area contributed by atoms with Crippen molar-refractivity contribution >= 4 is 10.8 Å². The van der Waals surface area contributed by atoms with Crippen LogP contribution >= 0.6 is 0 Å². The first-order chi connectivity index (χ1) is 22.2. The summed E-state index contributed by atoms with van der Waals surface area (Å²) in [7, 11) is 1.42. The molecule has 3 nitrogen and oxygen atoms in total. The van der Waals surface area contributed by atoms with Gasteiger partial charge < -0.3 is 15.7 Å². The first-order valence-corrected chi connectivity index (χ1v) is 16.4. The fraction of sp³-hybridized carbons (Fsp3) is 0.326. The number of aliphatic hydroxyl groups is 1. The maximum Gasteiger partial charge on any atom is 0.205 e. The van der Waals surface area contributed by atoms with Gasteiger partial charge in [-0.2, -0.15) is 0 Å². The van der Waals surface area contributed by atoms with Crippen molar-refractivity contribution in [1.82, 2.24) is 0 Å². The Morgan fingerprint density at radius 3 is 1.41 bits per heavy atom. The summed E-state index contributed by atoms with van der Waals surface area (Å²) >= 11 is 0. The second kappa shape index (κ2) is 24.1. The Balaban J connectivity index is 0.000000300. The van der Waals surface area contributed by atoms with Gasteiger partial charge in [-0.25, -0.2) is 6.57 Å². The first kappa shape index (κ1) is 39.8. The summed E-state index contributed by atoms with van der Waals surface area (Å²) in [6.45, 7) is 18.8. The van der Waals surface area contributed by atoms with E-state index in [0.717, 1.165) is 6.42 Å². The van der Waals surface area contributed by atoms with E-state index in [1.807, 2.05) is 31.2 Å². The second-order valence-electron chi connectivity index (χ2n) is 11.5. The molecule has 0 aliphatic carbocycles. The van der Waals surface area contributed by atoms with E-state index in [4.69, 9.17) is 17.4 Å². The van der Waals surface area contributed by atoms with Gasteiger partial charge in [-0.05, 0) is 80.0 Å². The summed E-state index contributed by atoms with van der Waals surface area (Å²) in [6, 6.07) is 40.3. The molecule has 0 aliphatic rings. The van der Waals surface area contributed by atoms with Gasteiger partial charge in [0.25, 0.3) is 0 Å². The van der Waals surface area contributed by atoms with Gasteiger partial charge in [0.2, 0.25) is 7.05 Å². The van der Waals surface area contributed by atoms with Gasteiger partial charge in [-0.1, -0.05) is 159 Å². The molecule has 3 N–H and O–H groups in total. The predicted octanol–water partition coefficient (Wildman–Crippen LogP) is 10.8. The van der Waals surface area contributed by atoms with E-state index in [9.17, 15) is 0 Å². The van der Waals surface area contributed by atoms with Crippen molar-refractivity contribution in [3.63, 3.8) is 0 Å². The lowest BCUT2D eigenvalue weighted by Crippen LogP contribution is -2.05. The summed E-state index contributed by atoms with van der Waals surface area (Å²) in [5.41, 5.74) is 15.2. The molecule has 3 heteroatoms. The van der Waals surface area contributed by atoms with E-state index < -0.39 is 0 Å². The van der Waals surface area contributed by atoms with E-state index in [-0.39, 0.29) is 12.6 Å². The molecule has 5 aromatic rings. The van der Waals surface area contributed by atoms with Crippen LogP contribution in [0.4, 0.5) is 0 Å². The molecule has 5 rings (SSSR count). The Morgan fingerprint density at radius 1 is 0.630 bits per heavy atom. The number of fused-ring (bicyclic) bond motifs is 1. The maximum atomic E-state index is 8.61. The number of hydrogen-bond donors (Lipinski definition) is 2. The number of hydrogen-bond acceptors (Lipinski definition) is 2. The standard InChI is InChI=1S/C12H13N.2C10H14.C9H12O.C2H3N/c1-9(13)11-8-4-6-10-5-2-3-7-12(10)11;2*1-3-5-10-7-4-6-9(2)8-10;1-8-3-2-4-9(7-8)5-6-10;1-3-2/h2-9H,13H2,1H3;2*4,6-8H,3,5H2,1-2H3;2-4,7,10H,5-6H2,1H3;1H3/t9-;;;;/m1..../s1. The van der Waals surface area contributed by atoms with Gasteiger partial charge in [-0.3, -0.25) is 0 Å². The van der Waals surface area contributed by atoms with Gasteiger partial charge in [0.15, 0.2) is 0 Å². The number of aryl methyl sites for hydroxylation is 5. The lowest BCUT2D eigenvalue weighted by molar-refractivity contribution is 0.299. The largest absolute Gasteiger partial charge is 0.396 e. The molecule has 0 saturated carbocycles. The molecular formula is C43H56N2O. The van der Waals surface area contributed by atoms with Crippen LogP contribution in [0, 0.1) is 27.3 Å². The first-order valence-electron chi connectivity index (χ1n) is 16.4. The van der Waals surface area contributed by atoms with E-state index in [1.54, 1.807) is 0 Å². The molecule has 0 bridgehead atoms. The normalized spacial score (nSPS) is 10.3. The lowest BCUT2D eigenvalue weighted by Gasteiger charge is -2.09. The molecule has 0 amide bonds. The van der Waals surface area contributed by atoms with Crippen LogP contribution in [0.2, 0.25) is 0 Å². The molecule has 0 aliphatic heterocycles. The van der Waals surface area contributed by atoms with Crippen molar-refractivity contribution in [1.29, 1.82) is 0 Å². The SMILES string of the molecule is CCCc1cccc(C)c1.CCCc1cccc(C)c1.C[C@@H](N)c1cccc2ccccc12.Cc1cccc(CCO)c1.[C-]#[N+]C. The lowest BCUT2D eigenvalue weighted by atomic mass is 10.0. The molecule has 0 spiro atoms. The third-order valence-corrected chi connectivity index (χ3v) is 7.04. The summed E-state index contributed by atoms with van der Waals surface area (Å²) in [6.07, 6.45) is 5.66. The number of benzene rings is 5. The van der Waals surface area contributed by atoms with Crippen molar-refractivity contribution in [2.45, 2.75) is 79.7 Å². The van der Waals surface area contributed by atoms with Crippen LogP contribution in [-0.4, -0.2) is 18.8 Å².